The second-order valence-corrected chi connectivity index (χ2v) is 8.49. The van der Waals surface area contributed by atoms with Gasteiger partial charge in [-0.05, 0) is 55.0 Å². The van der Waals surface area contributed by atoms with Crippen LogP contribution >= 0.6 is 11.7 Å². The molecular weight excluding hydrogens is 464 g/mol. The minimum absolute atomic E-state index is 0.248. The van der Waals surface area contributed by atoms with Crippen molar-refractivity contribution in [3.63, 3.8) is 0 Å². The van der Waals surface area contributed by atoms with Crippen LogP contribution in [0.2, 0.25) is 0 Å². The number of aromatic nitrogens is 3. The van der Waals surface area contributed by atoms with Gasteiger partial charge in [-0.25, -0.2) is 4.79 Å². The molecule has 0 bridgehead atoms. The summed E-state index contributed by atoms with van der Waals surface area (Å²) in [6.45, 7) is 2.47. The number of nitrogens with two attached hydrogens (primary N) is 1. The van der Waals surface area contributed by atoms with Crippen molar-refractivity contribution in [3.8, 4) is 22.6 Å². The number of rotatable bonds is 7. The smallest absolute Gasteiger partial charge is 0.355 e. The highest BCUT2D eigenvalue weighted by molar-refractivity contribution is 7.00. The third-order valence-electron chi connectivity index (χ3n) is 5.89. The summed E-state index contributed by atoms with van der Waals surface area (Å²) in [5, 5.41) is 0.827. The zero-order chi connectivity index (χ0) is 24.5. The fourth-order valence-electron chi connectivity index (χ4n) is 4.33. The van der Waals surface area contributed by atoms with Crippen LogP contribution in [0.1, 0.15) is 23.0 Å². The fraction of sp³-hybridized carbons (Fsp3) is 0.192. The summed E-state index contributed by atoms with van der Waals surface area (Å²) in [7, 11) is 3.19. The largest absolute Gasteiger partial charge is 0.497 e. The maximum Gasteiger partial charge on any atom is 0.355 e. The lowest BCUT2D eigenvalue weighted by molar-refractivity contribution is 0.0516. The Labute approximate surface area is 206 Å². The number of carbonyl (C=O) groups is 1. The van der Waals surface area contributed by atoms with Gasteiger partial charge in [-0.15, -0.1) is 0 Å². The average molecular weight is 489 g/mol. The van der Waals surface area contributed by atoms with Crippen LogP contribution < -0.4 is 15.2 Å². The summed E-state index contributed by atoms with van der Waals surface area (Å²) < 4.78 is 27.2. The Bertz CT molecular complexity index is 1560. The zero-order valence-corrected chi connectivity index (χ0v) is 20.4. The lowest BCUT2D eigenvalue weighted by Crippen LogP contribution is -2.14. The molecule has 0 amide bonds. The molecule has 0 atom stereocenters. The monoisotopic (exact) mass is 488 g/mol. The van der Waals surface area contributed by atoms with Gasteiger partial charge in [-0.2, -0.15) is 8.75 Å². The standard InChI is InChI=1S/C26H24N4O4S/c1-4-34-26(31)25-24(18-8-7-17(32-2)13-23(18)33-3)19-12-16(27)6-10-22(19)30(25)14-15-5-9-20-21(11-15)29-35-28-20/h5-13H,4,14,27H2,1-3H3. The van der Waals surface area contributed by atoms with Crippen molar-refractivity contribution in [1.82, 2.24) is 13.3 Å². The van der Waals surface area contributed by atoms with Crippen LogP contribution in [0.3, 0.4) is 0 Å². The van der Waals surface area contributed by atoms with Crippen LogP contribution in [0, 0.1) is 0 Å². The van der Waals surface area contributed by atoms with E-state index >= 15 is 0 Å². The molecule has 0 spiro atoms. The topological polar surface area (TPSA) is 101 Å². The molecule has 5 aromatic rings. The van der Waals surface area contributed by atoms with Crippen molar-refractivity contribution in [2.45, 2.75) is 13.5 Å². The van der Waals surface area contributed by atoms with E-state index in [1.807, 2.05) is 53.1 Å². The summed E-state index contributed by atoms with van der Waals surface area (Å²) in [4.78, 5) is 13.4. The normalized spacial score (nSPS) is 11.2. The fourth-order valence-corrected chi connectivity index (χ4v) is 4.85. The number of fused-ring (bicyclic) bond motifs is 2. The van der Waals surface area contributed by atoms with Gasteiger partial charge in [0.15, 0.2) is 0 Å². The molecule has 0 unspecified atom stereocenters. The summed E-state index contributed by atoms with van der Waals surface area (Å²) in [5.74, 6) is 0.801. The Hall–Kier alpha value is -4.11. The van der Waals surface area contributed by atoms with Crippen molar-refractivity contribution >= 4 is 45.3 Å². The predicted molar refractivity (Wildman–Crippen MR) is 137 cm³/mol. The van der Waals surface area contributed by atoms with Gasteiger partial charge in [-0.1, -0.05) is 6.07 Å². The van der Waals surface area contributed by atoms with Crippen molar-refractivity contribution < 1.29 is 19.0 Å². The van der Waals surface area contributed by atoms with E-state index in [9.17, 15) is 4.79 Å². The lowest BCUT2D eigenvalue weighted by Gasteiger charge is -2.14. The van der Waals surface area contributed by atoms with Crippen molar-refractivity contribution in [3.05, 3.63) is 65.9 Å². The van der Waals surface area contributed by atoms with Gasteiger partial charge in [0.1, 0.15) is 28.2 Å². The summed E-state index contributed by atoms with van der Waals surface area (Å²) in [6, 6.07) is 17.1. The SMILES string of the molecule is CCOC(=O)c1c(-c2ccc(OC)cc2OC)c2cc(N)ccc2n1Cc1ccc2nsnc2c1. The molecule has 35 heavy (non-hydrogen) atoms. The van der Waals surface area contributed by atoms with Crippen molar-refractivity contribution in [1.29, 1.82) is 0 Å². The molecule has 0 fully saturated rings. The number of ether oxygens (including phenoxy) is 3. The molecule has 9 heteroatoms. The van der Waals surface area contributed by atoms with Crippen LogP contribution in [0.25, 0.3) is 33.1 Å². The molecule has 178 valence electrons. The van der Waals surface area contributed by atoms with Gasteiger partial charge in [0.05, 0.1) is 32.6 Å². The van der Waals surface area contributed by atoms with Crippen LogP contribution in [0.4, 0.5) is 5.69 Å². The lowest BCUT2D eigenvalue weighted by atomic mass is 10.00. The molecule has 2 heterocycles. The highest BCUT2D eigenvalue weighted by Crippen LogP contribution is 2.42. The summed E-state index contributed by atoms with van der Waals surface area (Å²) in [6.07, 6.45) is 0. The number of carbonyl (C=O) groups excluding carboxylic acids is 1. The summed E-state index contributed by atoms with van der Waals surface area (Å²) in [5.41, 5.74) is 12.1. The van der Waals surface area contributed by atoms with E-state index in [1.54, 1.807) is 27.2 Å². The molecule has 0 saturated heterocycles. The van der Waals surface area contributed by atoms with E-state index in [0.717, 1.165) is 33.1 Å². The molecular formula is C26H24N4O4S. The van der Waals surface area contributed by atoms with Crippen LogP contribution in [-0.4, -0.2) is 40.1 Å². The van der Waals surface area contributed by atoms with E-state index in [-0.39, 0.29) is 6.61 Å². The van der Waals surface area contributed by atoms with Gasteiger partial charge in [0, 0.05) is 40.3 Å². The Kier molecular flexibility index (Phi) is 6.00. The first-order chi connectivity index (χ1) is 17.0. The number of esters is 1. The Morgan fingerprint density at radius 1 is 1.00 bits per heavy atom. The molecule has 3 aromatic carbocycles. The summed E-state index contributed by atoms with van der Waals surface area (Å²) >= 11 is 1.18. The average Bonchev–Trinajstić information content (AvgIpc) is 3.45. The first-order valence-corrected chi connectivity index (χ1v) is 11.8. The number of hydrogen-bond acceptors (Lipinski definition) is 8. The Morgan fingerprint density at radius 2 is 1.83 bits per heavy atom. The second-order valence-electron chi connectivity index (χ2n) is 7.96. The third-order valence-corrected chi connectivity index (χ3v) is 6.45. The maximum atomic E-state index is 13.4. The van der Waals surface area contributed by atoms with E-state index in [0.29, 0.717) is 35.0 Å². The molecule has 0 saturated carbocycles. The van der Waals surface area contributed by atoms with Crippen LogP contribution in [0.15, 0.2) is 54.6 Å². The second kappa shape index (κ2) is 9.27. The van der Waals surface area contributed by atoms with Crippen LogP contribution in [-0.2, 0) is 11.3 Å². The van der Waals surface area contributed by atoms with Gasteiger partial charge in [0.2, 0.25) is 0 Å². The number of nitrogen functional groups attached to an aromatic ring is 1. The first-order valence-electron chi connectivity index (χ1n) is 11.1. The number of benzene rings is 3. The van der Waals surface area contributed by atoms with Gasteiger partial charge in [-0.3, -0.25) is 0 Å². The minimum Gasteiger partial charge on any atom is -0.497 e. The van der Waals surface area contributed by atoms with E-state index in [2.05, 4.69) is 8.75 Å². The maximum absolute atomic E-state index is 13.4. The van der Waals surface area contributed by atoms with Gasteiger partial charge < -0.3 is 24.5 Å². The predicted octanol–water partition coefficient (Wildman–Crippen LogP) is 5.14. The van der Waals surface area contributed by atoms with E-state index in [1.165, 1.54) is 11.7 Å². The number of hydrogen-bond donors (Lipinski definition) is 1. The molecule has 0 aliphatic carbocycles. The Morgan fingerprint density at radius 3 is 2.60 bits per heavy atom. The van der Waals surface area contributed by atoms with Crippen molar-refractivity contribution in [2.24, 2.45) is 0 Å². The first kappa shape index (κ1) is 22.7. The molecule has 0 aliphatic heterocycles. The third kappa shape index (κ3) is 4.04. The van der Waals surface area contributed by atoms with Gasteiger partial charge >= 0.3 is 5.97 Å². The quantitative estimate of drug-likeness (QED) is 0.250. The highest BCUT2D eigenvalue weighted by Gasteiger charge is 2.27. The number of methoxy groups -OCH3 is 2. The molecule has 8 nitrogen and oxygen atoms in total. The number of nitrogens with zero attached hydrogens (tertiary/aromatic N) is 3. The molecule has 2 N–H and O–H groups in total. The van der Waals surface area contributed by atoms with E-state index in [4.69, 9.17) is 19.9 Å². The van der Waals surface area contributed by atoms with Crippen LogP contribution in [0.5, 0.6) is 11.5 Å². The highest BCUT2D eigenvalue weighted by atomic mass is 32.1. The molecule has 5 rings (SSSR count). The van der Waals surface area contributed by atoms with Gasteiger partial charge in [0.25, 0.3) is 0 Å². The Balaban J connectivity index is 1.80. The molecule has 2 aromatic heterocycles. The minimum atomic E-state index is -0.424. The zero-order valence-electron chi connectivity index (χ0n) is 19.6. The number of anilines is 1. The molecule has 0 radical (unpaired) electrons. The van der Waals surface area contributed by atoms with Crippen molar-refractivity contribution in [2.75, 3.05) is 26.6 Å². The molecule has 0 aliphatic rings. The van der Waals surface area contributed by atoms with E-state index < -0.39 is 5.97 Å².